The number of methoxy groups -OCH3 is 1. The van der Waals surface area contributed by atoms with Crippen molar-refractivity contribution in [3.05, 3.63) is 80.2 Å². The van der Waals surface area contributed by atoms with E-state index in [0.29, 0.717) is 28.9 Å². The monoisotopic (exact) mass is 311 g/mol. The van der Waals surface area contributed by atoms with Crippen LogP contribution in [0.25, 0.3) is 11.0 Å². The zero-order valence-corrected chi connectivity index (χ0v) is 12.3. The Bertz CT molecular complexity index is 928. The van der Waals surface area contributed by atoms with Crippen molar-refractivity contribution in [3.8, 4) is 5.75 Å². The molecule has 1 heterocycles. The van der Waals surface area contributed by atoms with E-state index in [4.69, 9.17) is 9.15 Å². The lowest BCUT2D eigenvalue weighted by Crippen LogP contribution is -2.03. The lowest BCUT2D eigenvalue weighted by atomic mass is 10.1. The van der Waals surface area contributed by atoms with Crippen LogP contribution in [-0.4, -0.2) is 12.0 Å². The van der Waals surface area contributed by atoms with E-state index in [1.54, 1.807) is 37.4 Å². The molecule has 0 bridgehead atoms. The first kappa shape index (κ1) is 14.8. The third-order valence-corrected chi connectivity index (χ3v) is 3.51. The predicted octanol–water partition coefficient (Wildman–Crippen LogP) is 3.30. The maximum Gasteiger partial charge on any atom is 0.269 e. The number of hydrogen-bond donors (Lipinski definition) is 0. The van der Waals surface area contributed by atoms with Crippen LogP contribution < -0.4 is 10.2 Å². The van der Waals surface area contributed by atoms with E-state index in [0.717, 1.165) is 5.56 Å². The summed E-state index contributed by atoms with van der Waals surface area (Å²) in [4.78, 5) is 22.3. The number of rotatable bonds is 4. The topological polar surface area (TPSA) is 82.6 Å². The van der Waals surface area contributed by atoms with E-state index in [1.165, 1.54) is 18.2 Å². The molecule has 0 spiro atoms. The molecule has 6 nitrogen and oxygen atoms in total. The largest absolute Gasteiger partial charge is 0.497 e. The summed E-state index contributed by atoms with van der Waals surface area (Å²) in [5.41, 5.74) is 1.17. The molecule has 116 valence electrons. The van der Waals surface area contributed by atoms with Gasteiger partial charge >= 0.3 is 0 Å². The second kappa shape index (κ2) is 5.92. The molecule has 3 aromatic rings. The molecular weight excluding hydrogens is 298 g/mol. The molecule has 0 fully saturated rings. The third kappa shape index (κ3) is 3.06. The van der Waals surface area contributed by atoms with E-state index < -0.39 is 4.92 Å². The number of nitro benzene ring substituents is 1. The van der Waals surface area contributed by atoms with Crippen LogP contribution in [0.4, 0.5) is 5.69 Å². The van der Waals surface area contributed by atoms with Crippen LogP contribution in [0.3, 0.4) is 0 Å². The number of nitro groups is 1. The van der Waals surface area contributed by atoms with Crippen molar-refractivity contribution >= 4 is 16.7 Å². The van der Waals surface area contributed by atoms with Gasteiger partial charge in [-0.15, -0.1) is 0 Å². The first-order valence-corrected chi connectivity index (χ1v) is 6.91. The Kier molecular flexibility index (Phi) is 3.80. The summed E-state index contributed by atoms with van der Waals surface area (Å²) in [5, 5.41) is 11.1. The minimum Gasteiger partial charge on any atom is -0.497 e. The van der Waals surface area contributed by atoms with E-state index in [-0.39, 0.29) is 11.1 Å². The zero-order chi connectivity index (χ0) is 16.4. The second-order valence-corrected chi connectivity index (χ2v) is 5.04. The van der Waals surface area contributed by atoms with Crippen LogP contribution in [0, 0.1) is 10.1 Å². The molecule has 6 heteroatoms. The Labute approximate surface area is 131 Å². The van der Waals surface area contributed by atoms with Crippen LogP contribution >= 0.6 is 0 Å². The number of fused-ring (bicyclic) bond motifs is 1. The third-order valence-electron chi connectivity index (χ3n) is 3.51. The lowest BCUT2D eigenvalue weighted by molar-refractivity contribution is -0.384. The summed E-state index contributed by atoms with van der Waals surface area (Å²) in [6.45, 7) is 0. The highest BCUT2D eigenvalue weighted by Gasteiger charge is 2.09. The standard InChI is InChI=1S/C17H13NO5/c1-22-13-6-7-15-16(19)9-14(23-17(15)10-13)8-11-2-4-12(5-3-11)18(20)21/h2-7,9-10H,8H2,1H3. The van der Waals surface area contributed by atoms with Crippen LogP contribution in [0.15, 0.2) is 57.7 Å². The van der Waals surface area contributed by atoms with Gasteiger partial charge in [0, 0.05) is 30.7 Å². The summed E-state index contributed by atoms with van der Waals surface area (Å²) in [6, 6.07) is 12.6. The summed E-state index contributed by atoms with van der Waals surface area (Å²) >= 11 is 0. The van der Waals surface area contributed by atoms with Gasteiger partial charge in [-0.2, -0.15) is 0 Å². The average Bonchev–Trinajstić information content (AvgIpc) is 2.54. The van der Waals surface area contributed by atoms with Gasteiger partial charge in [-0.05, 0) is 17.7 Å². The highest BCUT2D eigenvalue weighted by atomic mass is 16.6. The smallest absolute Gasteiger partial charge is 0.269 e. The predicted molar refractivity (Wildman–Crippen MR) is 84.9 cm³/mol. The van der Waals surface area contributed by atoms with Gasteiger partial charge in [-0.1, -0.05) is 12.1 Å². The Hall–Kier alpha value is -3.15. The normalized spacial score (nSPS) is 10.7. The molecule has 0 saturated carbocycles. The number of non-ortho nitro benzene ring substituents is 1. The molecule has 0 unspecified atom stereocenters. The molecule has 0 aliphatic carbocycles. The molecule has 0 aliphatic heterocycles. The quantitative estimate of drug-likeness (QED) is 0.545. The van der Waals surface area contributed by atoms with Crippen LogP contribution in [0.1, 0.15) is 11.3 Å². The lowest BCUT2D eigenvalue weighted by Gasteiger charge is -2.05. The fraction of sp³-hybridized carbons (Fsp3) is 0.118. The molecular formula is C17H13NO5. The molecule has 0 N–H and O–H groups in total. The molecule has 0 saturated heterocycles. The Balaban J connectivity index is 1.96. The Morgan fingerprint density at radius 1 is 1.13 bits per heavy atom. The van der Waals surface area contributed by atoms with E-state index in [1.807, 2.05) is 0 Å². The summed E-state index contributed by atoms with van der Waals surface area (Å²) in [6.07, 6.45) is 0.375. The fourth-order valence-corrected chi connectivity index (χ4v) is 2.34. The maximum atomic E-state index is 12.1. The van der Waals surface area contributed by atoms with Crippen LogP contribution in [0.2, 0.25) is 0 Å². The van der Waals surface area contributed by atoms with Crippen molar-refractivity contribution in [1.82, 2.24) is 0 Å². The average molecular weight is 311 g/mol. The van der Waals surface area contributed by atoms with Crippen molar-refractivity contribution in [2.45, 2.75) is 6.42 Å². The van der Waals surface area contributed by atoms with Gasteiger partial charge in [0.2, 0.25) is 0 Å². The number of benzene rings is 2. The second-order valence-electron chi connectivity index (χ2n) is 5.04. The minimum atomic E-state index is -0.452. The minimum absolute atomic E-state index is 0.0263. The van der Waals surface area contributed by atoms with E-state index in [9.17, 15) is 14.9 Å². The Morgan fingerprint density at radius 3 is 2.52 bits per heavy atom. The van der Waals surface area contributed by atoms with Crippen molar-refractivity contribution in [2.24, 2.45) is 0 Å². The molecule has 23 heavy (non-hydrogen) atoms. The summed E-state index contributed by atoms with van der Waals surface area (Å²) in [7, 11) is 1.54. The SMILES string of the molecule is COc1ccc2c(=O)cc(Cc3ccc([N+](=O)[O-])cc3)oc2c1. The molecule has 0 aliphatic rings. The molecule has 2 aromatic carbocycles. The zero-order valence-electron chi connectivity index (χ0n) is 12.3. The van der Waals surface area contributed by atoms with Crippen LogP contribution in [0.5, 0.6) is 5.75 Å². The highest BCUT2D eigenvalue weighted by molar-refractivity contribution is 5.78. The highest BCUT2D eigenvalue weighted by Crippen LogP contribution is 2.21. The van der Waals surface area contributed by atoms with Crippen LogP contribution in [-0.2, 0) is 6.42 Å². The molecule has 0 radical (unpaired) electrons. The summed E-state index contributed by atoms with van der Waals surface area (Å²) in [5.74, 6) is 1.10. The van der Waals surface area contributed by atoms with Crippen molar-refractivity contribution in [3.63, 3.8) is 0 Å². The van der Waals surface area contributed by atoms with Gasteiger partial charge < -0.3 is 9.15 Å². The van der Waals surface area contributed by atoms with Gasteiger partial charge in [0.25, 0.3) is 5.69 Å². The molecule has 0 amide bonds. The van der Waals surface area contributed by atoms with Gasteiger partial charge in [-0.3, -0.25) is 14.9 Å². The number of ether oxygens (including phenoxy) is 1. The van der Waals surface area contributed by atoms with Gasteiger partial charge in [0.05, 0.1) is 17.4 Å². The van der Waals surface area contributed by atoms with Gasteiger partial charge in [-0.25, -0.2) is 0 Å². The van der Waals surface area contributed by atoms with Crippen molar-refractivity contribution in [2.75, 3.05) is 7.11 Å². The maximum absolute atomic E-state index is 12.1. The van der Waals surface area contributed by atoms with E-state index in [2.05, 4.69) is 0 Å². The van der Waals surface area contributed by atoms with Gasteiger partial charge in [0.1, 0.15) is 17.1 Å². The van der Waals surface area contributed by atoms with Gasteiger partial charge in [0.15, 0.2) is 5.43 Å². The van der Waals surface area contributed by atoms with Crippen molar-refractivity contribution in [1.29, 1.82) is 0 Å². The van der Waals surface area contributed by atoms with Crippen molar-refractivity contribution < 1.29 is 14.1 Å². The Morgan fingerprint density at radius 2 is 1.87 bits per heavy atom. The number of nitrogens with zero attached hydrogens (tertiary/aromatic N) is 1. The first-order chi connectivity index (χ1) is 11.1. The first-order valence-electron chi connectivity index (χ1n) is 6.91. The number of hydrogen-bond acceptors (Lipinski definition) is 5. The summed E-state index contributed by atoms with van der Waals surface area (Å²) < 4.78 is 10.9. The molecule has 1 aromatic heterocycles. The van der Waals surface area contributed by atoms with E-state index >= 15 is 0 Å². The molecule has 3 rings (SSSR count). The molecule has 0 atom stereocenters. The fourth-order valence-electron chi connectivity index (χ4n) is 2.34.